The van der Waals surface area contributed by atoms with Crippen LogP contribution >= 0.6 is 11.3 Å². The van der Waals surface area contributed by atoms with Gasteiger partial charge < -0.3 is 5.73 Å². The lowest BCUT2D eigenvalue weighted by atomic mass is 10.1. The molecule has 2 aromatic heterocycles. The van der Waals surface area contributed by atoms with Gasteiger partial charge in [-0.15, -0.1) is 5.10 Å². The van der Waals surface area contributed by atoms with E-state index in [1.165, 1.54) is 16.9 Å². The number of rotatable bonds is 2. The standard InChI is InChI=1S/C12H12N4S/c1-2-8-3-5-9(6-4-8)10-7-16-12(14-10)17-11(13)15-16/h3-7H,2H2,1H3,(H2,13,15). The van der Waals surface area contributed by atoms with E-state index in [0.29, 0.717) is 5.13 Å². The van der Waals surface area contributed by atoms with Crippen molar-refractivity contribution in [2.24, 2.45) is 0 Å². The van der Waals surface area contributed by atoms with E-state index >= 15 is 0 Å². The fraction of sp³-hybridized carbons (Fsp3) is 0.167. The number of aryl methyl sites for hydroxylation is 1. The smallest absolute Gasteiger partial charge is 0.214 e. The average molecular weight is 244 g/mol. The van der Waals surface area contributed by atoms with E-state index in [9.17, 15) is 0 Å². The van der Waals surface area contributed by atoms with E-state index in [0.717, 1.165) is 22.6 Å². The molecule has 0 saturated carbocycles. The summed E-state index contributed by atoms with van der Waals surface area (Å²) in [6.45, 7) is 2.15. The number of benzene rings is 1. The van der Waals surface area contributed by atoms with Crippen molar-refractivity contribution in [1.82, 2.24) is 14.6 Å². The minimum atomic E-state index is 0.542. The van der Waals surface area contributed by atoms with Crippen molar-refractivity contribution in [2.75, 3.05) is 5.73 Å². The van der Waals surface area contributed by atoms with Crippen LogP contribution < -0.4 is 5.73 Å². The van der Waals surface area contributed by atoms with Gasteiger partial charge in [-0.25, -0.2) is 9.50 Å². The number of aromatic nitrogens is 3. The van der Waals surface area contributed by atoms with Crippen LogP contribution in [0, 0.1) is 0 Å². The van der Waals surface area contributed by atoms with Crippen molar-refractivity contribution in [2.45, 2.75) is 13.3 Å². The maximum atomic E-state index is 5.61. The van der Waals surface area contributed by atoms with Gasteiger partial charge in [-0.2, -0.15) is 0 Å². The zero-order valence-corrected chi connectivity index (χ0v) is 10.2. The number of hydrogen-bond acceptors (Lipinski definition) is 4. The molecule has 4 nitrogen and oxygen atoms in total. The quantitative estimate of drug-likeness (QED) is 0.754. The summed E-state index contributed by atoms with van der Waals surface area (Å²) in [5.41, 5.74) is 8.99. The molecule has 0 aliphatic heterocycles. The second-order valence-corrected chi connectivity index (χ2v) is 4.83. The van der Waals surface area contributed by atoms with E-state index < -0.39 is 0 Å². The summed E-state index contributed by atoms with van der Waals surface area (Å²) >= 11 is 1.39. The molecule has 0 fully saturated rings. The van der Waals surface area contributed by atoms with Gasteiger partial charge in [-0.05, 0) is 12.0 Å². The van der Waals surface area contributed by atoms with Gasteiger partial charge in [-0.3, -0.25) is 0 Å². The monoisotopic (exact) mass is 244 g/mol. The third-order valence-electron chi connectivity index (χ3n) is 2.72. The Morgan fingerprint density at radius 1 is 1.29 bits per heavy atom. The summed E-state index contributed by atoms with van der Waals surface area (Å²) in [6, 6.07) is 8.44. The number of nitrogens with two attached hydrogens (primary N) is 1. The number of nitrogens with zero attached hydrogens (tertiary/aromatic N) is 3. The lowest BCUT2D eigenvalue weighted by Gasteiger charge is -1.98. The third kappa shape index (κ3) is 1.78. The highest BCUT2D eigenvalue weighted by molar-refractivity contribution is 7.20. The Hall–Kier alpha value is -1.88. The normalized spacial score (nSPS) is 11.1. The third-order valence-corrected chi connectivity index (χ3v) is 3.47. The molecule has 2 N–H and O–H groups in total. The second kappa shape index (κ2) is 3.85. The van der Waals surface area contributed by atoms with Crippen molar-refractivity contribution < 1.29 is 0 Å². The Kier molecular flexibility index (Phi) is 2.33. The van der Waals surface area contributed by atoms with E-state index in [4.69, 9.17) is 5.73 Å². The molecular weight excluding hydrogens is 232 g/mol. The Morgan fingerprint density at radius 2 is 2.06 bits per heavy atom. The first-order valence-corrected chi connectivity index (χ1v) is 6.29. The number of nitrogen functional groups attached to an aromatic ring is 1. The Bertz CT molecular complexity index is 619. The predicted octanol–water partition coefficient (Wildman–Crippen LogP) is 2.60. The van der Waals surface area contributed by atoms with Gasteiger partial charge >= 0.3 is 0 Å². The predicted molar refractivity (Wildman–Crippen MR) is 70.1 cm³/mol. The molecule has 0 amide bonds. The van der Waals surface area contributed by atoms with Crippen molar-refractivity contribution in [3.8, 4) is 11.3 Å². The largest absolute Gasteiger partial charge is 0.374 e. The molecule has 17 heavy (non-hydrogen) atoms. The molecule has 0 bridgehead atoms. The molecule has 0 atom stereocenters. The van der Waals surface area contributed by atoms with E-state index in [2.05, 4.69) is 41.3 Å². The molecule has 5 heteroatoms. The van der Waals surface area contributed by atoms with Gasteiger partial charge in [0.05, 0.1) is 11.9 Å². The molecule has 3 aromatic rings. The first-order chi connectivity index (χ1) is 8.26. The molecule has 2 heterocycles. The van der Waals surface area contributed by atoms with Crippen LogP contribution in [0.3, 0.4) is 0 Å². The number of fused-ring (bicyclic) bond motifs is 1. The number of hydrogen-bond donors (Lipinski definition) is 1. The maximum absolute atomic E-state index is 5.61. The molecule has 0 unspecified atom stereocenters. The Balaban J connectivity index is 2.04. The van der Waals surface area contributed by atoms with Gasteiger partial charge in [0.25, 0.3) is 0 Å². The average Bonchev–Trinajstić information content (AvgIpc) is 2.86. The van der Waals surface area contributed by atoms with Crippen LogP contribution in [-0.2, 0) is 6.42 Å². The van der Waals surface area contributed by atoms with Gasteiger partial charge in [-0.1, -0.05) is 42.5 Å². The summed E-state index contributed by atoms with van der Waals surface area (Å²) in [4.78, 5) is 5.33. The summed E-state index contributed by atoms with van der Waals surface area (Å²) in [6.07, 6.45) is 2.96. The van der Waals surface area contributed by atoms with E-state index in [-0.39, 0.29) is 0 Å². The SMILES string of the molecule is CCc1ccc(-c2cn3nc(N)sc3n2)cc1. The van der Waals surface area contributed by atoms with Crippen LogP contribution in [0.1, 0.15) is 12.5 Å². The first-order valence-electron chi connectivity index (χ1n) is 5.47. The van der Waals surface area contributed by atoms with Gasteiger partial charge in [0.2, 0.25) is 10.1 Å². The lowest BCUT2D eigenvalue weighted by molar-refractivity contribution is 0.981. The lowest BCUT2D eigenvalue weighted by Crippen LogP contribution is -1.85. The topological polar surface area (TPSA) is 56.2 Å². The number of imidazole rings is 1. The van der Waals surface area contributed by atoms with Crippen LogP contribution in [0.4, 0.5) is 5.13 Å². The van der Waals surface area contributed by atoms with Crippen LogP contribution in [0.5, 0.6) is 0 Å². The van der Waals surface area contributed by atoms with Gasteiger partial charge in [0, 0.05) is 5.56 Å². The van der Waals surface area contributed by atoms with Crippen LogP contribution in [0.25, 0.3) is 16.2 Å². The molecule has 1 aromatic carbocycles. The van der Waals surface area contributed by atoms with Crippen molar-refractivity contribution in [1.29, 1.82) is 0 Å². The summed E-state index contributed by atoms with van der Waals surface area (Å²) in [5, 5.41) is 4.69. The van der Waals surface area contributed by atoms with Crippen molar-refractivity contribution in [3.63, 3.8) is 0 Å². The molecule has 0 aliphatic carbocycles. The minimum absolute atomic E-state index is 0.542. The maximum Gasteiger partial charge on any atom is 0.214 e. The Labute approximate surface area is 103 Å². The van der Waals surface area contributed by atoms with Crippen molar-refractivity contribution >= 4 is 21.4 Å². The molecule has 86 valence electrons. The molecule has 0 aliphatic rings. The number of anilines is 1. The highest BCUT2D eigenvalue weighted by Crippen LogP contribution is 2.23. The fourth-order valence-electron chi connectivity index (χ4n) is 1.77. The highest BCUT2D eigenvalue weighted by atomic mass is 32.1. The van der Waals surface area contributed by atoms with E-state index in [1.807, 2.05) is 6.20 Å². The Morgan fingerprint density at radius 3 is 2.71 bits per heavy atom. The second-order valence-electron chi connectivity index (χ2n) is 3.84. The highest BCUT2D eigenvalue weighted by Gasteiger charge is 2.07. The minimum Gasteiger partial charge on any atom is -0.374 e. The van der Waals surface area contributed by atoms with Crippen LogP contribution in [0.15, 0.2) is 30.5 Å². The molecule has 0 spiro atoms. The van der Waals surface area contributed by atoms with E-state index in [1.54, 1.807) is 4.52 Å². The fourth-order valence-corrected chi connectivity index (χ4v) is 2.41. The molecule has 3 rings (SSSR count). The molecule has 0 saturated heterocycles. The van der Waals surface area contributed by atoms with Gasteiger partial charge in [0.1, 0.15) is 0 Å². The summed E-state index contributed by atoms with van der Waals surface area (Å²) < 4.78 is 1.73. The zero-order valence-electron chi connectivity index (χ0n) is 9.42. The molecular formula is C12H12N4S. The summed E-state index contributed by atoms with van der Waals surface area (Å²) in [5.74, 6) is 0. The van der Waals surface area contributed by atoms with Crippen LogP contribution in [0.2, 0.25) is 0 Å². The molecule has 0 radical (unpaired) electrons. The van der Waals surface area contributed by atoms with Crippen molar-refractivity contribution in [3.05, 3.63) is 36.0 Å². The summed E-state index contributed by atoms with van der Waals surface area (Å²) in [7, 11) is 0. The van der Waals surface area contributed by atoms with Crippen LogP contribution in [-0.4, -0.2) is 14.6 Å². The zero-order chi connectivity index (χ0) is 11.8. The first kappa shape index (κ1) is 10.3. The van der Waals surface area contributed by atoms with Gasteiger partial charge in [0.15, 0.2) is 0 Å².